The summed E-state index contributed by atoms with van der Waals surface area (Å²) in [5.41, 5.74) is 0. The molecule has 2 aliphatic rings. The number of carbonyl (C=O) groups is 2. The molecule has 66 valence electrons. The Morgan fingerprint density at radius 2 is 1.25 bits per heavy atom. The van der Waals surface area contributed by atoms with Crippen molar-refractivity contribution in [3.05, 3.63) is 0 Å². The van der Waals surface area contributed by atoms with E-state index in [9.17, 15) is 9.59 Å². The van der Waals surface area contributed by atoms with E-state index < -0.39 is 36.4 Å². The maximum absolute atomic E-state index is 10.7. The number of ether oxygens (including phenoxy) is 2. The number of hydrogen-bond donors (Lipinski definition) is 2. The van der Waals surface area contributed by atoms with Crippen LogP contribution in [0.4, 0.5) is 0 Å². The van der Waals surface area contributed by atoms with E-state index in [2.05, 4.69) is 9.47 Å². The minimum atomic E-state index is -1.46. The van der Waals surface area contributed by atoms with E-state index in [4.69, 9.17) is 10.2 Å². The van der Waals surface area contributed by atoms with Crippen LogP contribution in [-0.2, 0) is 19.1 Å². The third-order valence-electron chi connectivity index (χ3n) is 1.93. The first-order valence-electron chi connectivity index (χ1n) is 3.38. The van der Waals surface area contributed by atoms with Gasteiger partial charge >= 0.3 is 11.9 Å². The van der Waals surface area contributed by atoms with Crippen molar-refractivity contribution in [1.29, 1.82) is 0 Å². The van der Waals surface area contributed by atoms with E-state index in [0.717, 1.165) is 0 Å². The molecule has 2 heterocycles. The van der Waals surface area contributed by atoms with Gasteiger partial charge in [0.05, 0.1) is 0 Å². The molecule has 2 saturated heterocycles. The molecule has 6 nitrogen and oxygen atoms in total. The Bertz CT molecular complexity index is 222. The molecule has 6 heteroatoms. The normalized spacial score (nSPS) is 45.5. The van der Waals surface area contributed by atoms with Gasteiger partial charge < -0.3 is 19.7 Å². The third-order valence-corrected chi connectivity index (χ3v) is 1.93. The predicted octanol–water partition coefficient (Wildman–Crippen LogP) is -2.44. The second kappa shape index (κ2) is 2.18. The molecule has 2 rings (SSSR count). The van der Waals surface area contributed by atoms with Gasteiger partial charge in [-0.2, -0.15) is 0 Å². The summed E-state index contributed by atoms with van der Waals surface area (Å²) in [7, 11) is 0. The van der Waals surface area contributed by atoms with Gasteiger partial charge in [-0.1, -0.05) is 0 Å². The average molecular weight is 174 g/mol. The SMILES string of the molecule is O=C1O[C@H]2[C@H](OC(=O)[C@@H]2O)C1O. The minimum absolute atomic E-state index is 0.864. The van der Waals surface area contributed by atoms with Gasteiger partial charge in [0.25, 0.3) is 0 Å². The quantitative estimate of drug-likeness (QED) is 0.396. The Morgan fingerprint density at radius 1 is 0.917 bits per heavy atom. The highest BCUT2D eigenvalue weighted by molar-refractivity contribution is 5.85. The van der Waals surface area contributed by atoms with Crippen molar-refractivity contribution in [1.82, 2.24) is 0 Å². The van der Waals surface area contributed by atoms with Crippen LogP contribution in [-0.4, -0.2) is 46.6 Å². The molecular formula is C6H6O6. The molecule has 0 aromatic rings. The Hall–Kier alpha value is -1.14. The van der Waals surface area contributed by atoms with E-state index in [1.807, 2.05) is 0 Å². The van der Waals surface area contributed by atoms with Gasteiger partial charge in [-0.25, -0.2) is 9.59 Å². The standard InChI is InChI=1S/C6H6O6/c7-1-3-4(12-5(1)9)2(8)6(10)11-3/h1-4,7-8H/t1-,2?,3-,4-/m1/s1. The van der Waals surface area contributed by atoms with Crippen molar-refractivity contribution in [3.63, 3.8) is 0 Å². The van der Waals surface area contributed by atoms with Crippen LogP contribution in [0.1, 0.15) is 0 Å². The summed E-state index contributed by atoms with van der Waals surface area (Å²) in [6.07, 6.45) is -5.01. The fraction of sp³-hybridized carbons (Fsp3) is 0.667. The van der Waals surface area contributed by atoms with Gasteiger partial charge in [-0.3, -0.25) is 0 Å². The van der Waals surface area contributed by atoms with E-state index in [1.54, 1.807) is 0 Å². The molecule has 2 fully saturated rings. The predicted molar refractivity (Wildman–Crippen MR) is 31.8 cm³/mol. The Kier molecular flexibility index (Phi) is 1.36. The largest absolute Gasteiger partial charge is 0.453 e. The van der Waals surface area contributed by atoms with Crippen molar-refractivity contribution in [2.75, 3.05) is 0 Å². The number of aliphatic hydroxyl groups is 2. The second-order valence-electron chi connectivity index (χ2n) is 2.69. The summed E-state index contributed by atoms with van der Waals surface area (Å²) in [4.78, 5) is 21.3. The van der Waals surface area contributed by atoms with Gasteiger partial charge in [-0.05, 0) is 0 Å². The van der Waals surface area contributed by atoms with Crippen molar-refractivity contribution < 1.29 is 29.3 Å². The summed E-state index contributed by atoms with van der Waals surface area (Å²) in [5.74, 6) is -1.73. The lowest BCUT2D eigenvalue weighted by Crippen LogP contribution is -2.31. The number of carbonyl (C=O) groups excluding carboxylic acids is 2. The summed E-state index contributed by atoms with van der Waals surface area (Å²) in [5, 5.41) is 18.1. The molecule has 1 unspecified atom stereocenters. The molecule has 0 bridgehead atoms. The molecule has 0 saturated carbocycles. The van der Waals surface area contributed by atoms with Crippen molar-refractivity contribution in [2.24, 2.45) is 0 Å². The molecule has 0 amide bonds. The molecule has 0 aromatic carbocycles. The maximum Gasteiger partial charge on any atom is 0.339 e. The summed E-state index contributed by atoms with van der Waals surface area (Å²) < 4.78 is 8.99. The van der Waals surface area contributed by atoms with Crippen LogP contribution in [0.2, 0.25) is 0 Å². The Labute approximate surface area is 66.7 Å². The van der Waals surface area contributed by atoms with Crippen molar-refractivity contribution >= 4 is 11.9 Å². The molecule has 2 N–H and O–H groups in total. The second-order valence-corrected chi connectivity index (χ2v) is 2.69. The lowest BCUT2D eigenvalue weighted by atomic mass is 10.1. The highest BCUT2D eigenvalue weighted by atomic mass is 16.7. The number of aliphatic hydroxyl groups excluding tert-OH is 2. The zero-order valence-electron chi connectivity index (χ0n) is 5.84. The van der Waals surface area contributed by atoms with Gasteiger partial charge in [-0.15, -0.1) is 0 Å². The first-order valence-corrected chi connectivity index (χ1v) is 3.38. The van der Waals surface area contributed by atoms with Gasteiger partial charge in [0.1, 0.15) is 0 Å². The van der Waals surface area contributed by atoms with Gasteiger partial charge in [0.15, 0.2) is 24.4 Å². The molecule has 12 heavy (non-hydrogen) atoms. The third kappa shape index (κ3) is 0.759. The zero-order valence-corrected chi connectivity index (χ0v) is 5.84. The van der Waals surface area contributed by atoms with E-state index in [-0.39, 0.29) is 0 Å². The van der Waals surface area contributed by atoms with Crippen LogP contribution in [0.5, 0.6) is 0 Å². The summed E-state index contributed by atoms with van der Waals surface area (Å²) in [6, 6.07) is 0. The number of esters is 2. The molecule has 2 aliphatic heterocycles. The van der Waals surface area contributed by atoms with Crippen LogP contribution < -0.4 is 0 Å². The Balaban J connectivity index is 2.24. The fourth-order valence-corrected chi connectivity index (χ4v) is 1.30. The smallest absolute Gasteiger partial charge is 0.339 e. The van der Waals surface area contributed by atoms with E-state index in [1.165, 1.54) is 0 Å². The number of hydrogen-bond acceptors (Lipinski definition) is 6. The van der Waals surface area contributed by atoms with Crippen LogP contribution in [0, 0.1) is 0 Å². The molecule has 0 aliphatic carbocycles. The van der Waals surface area contributed by atoms with E-state index in [0.29, 0.717) is 0 Å². The fourth-order valence-electron chi connectivity index (χ4n) is 1.30. The summed E-state index contributed by atoms with van der Waals surface area (Å²) >= 11 is 0. The van der Waals surface area contributed by atoms with Gasteiger partial charge in [0, 0.05) is 0 Å². The molecule has 4 atom stereocenters. The van der Waals surface area contributed by atoms with Crippen LogP contribution >= 0.6 is 0 Å². The topological polar surface area (TPSA) is 93.1 Å². The average Bonchev–Trinajstić information content (AvgIpc) is 2.43. The lowest BCUT2D eigenvalue weighted by Gasteiger charge is -2.05. The lowest BCUT2D eigenvalue weighted by molar-refractivity contribution is -0.159. The highest BCUT2D eigenvalue weighted by Gasteiger charge is 2.57. The number of rotatable bonds is 0. The maximum atomic E-state index is 10.7. The van der Waals surface area contributed by atoms with Gasteiger partial charge in [0.2, 0.25) is 0 Å². The van der Waals surface area contributed by atoms with Crippen LogP contribution in [0.15, 0.2) is 0 Å². The number of fused-ring (bicyclic) bond motifs is 1. The molecule has 0 radical (unpaired) electrons. The molecule has 0 spiro atoms. The molecule has 0 aromatic heterocycles. The van der Waals surface area contributed by atoms with E-state index >= 15 is 0 Å². The highest BCUT2D eigenvalue weighted by Crippen LogP contribution is 2.28. The molecular weight excluding hydrogens is 168 g/mol. The van der Waals surface area contributed by atoms with Crippen molar-refractivity contribution in [2.45, 2.75) is 24.4 Å². The minimum Gasteiger partial charge on any atom is -0.453 e. The summed E-state index contributed by atoms with van der Waals surface area (Å²) in [6.45, 7) is 0. The first-order chi connectivity index (χ1) is 5.61. The van der Waals surface area contributed by atoms with Crippen LogP contribution in [0.25, 0.3) is 0 Å². The zero-order chi connectivity index (χ0) is 8.88. The monoisotopic (exact) mass is 174 g/mol. The first kappa shape index (κ1) is 7.51. The van der Waals surface area contributed by atoms with Crippen molar-refractivity contribution in [3.8, 4) is 0 Å². The van der Waals surface area contributed by atoms with Crippen LogP contribution in [0.3, 0.4) is 0 Å². The Morgan fingerprint density at radius 3 is 1.58 bits per heavy atom.